The van der Waals surface area contributed by atoms with Gasteiger partial charge in [-0.3, -0.25) is 4.79 Å². The van der Waals surface area contributed by atoms with Crippen LogP contribution in [0.25, 0.3) is 0 Å². The molecule has 2 rings (SSSR count). The van der Waals surface area contributed by atoms with Crippen LogP contribution in [-0.2, 0) is 11.2 Å². The Morgan fingerprint density at radius 3 is 2.68 bits per heavy atom. The van der Waals surface area contributed by atoms with Crippen molar-refractivity contribution < 1.29 is 4.79 Å². The van der Waals surface area contributed by atoms with Gasteiger partial charge >= 0.3 is 0 Å². The van der Waals surface area contributed by atoms with Crippen molar-refractivity contribution in [3.05, 3.63) is 64.7 Å². The van der Waals surface area contributed by atoms with Crippen LogP contribution >= 0.6 is 11.6 Å². The van der Waals surface area contributed by atoms with E-state index >= 15 is 0 Å². The SMILES string of the molecule is Cc1cccc(NC(=O)CCNCCc2cccc(Cl)c2)c1. The van der Waals surface area contributed by atoms with Crippen LogP contribution < -0.4 is 10.6 Å². The van der Waals surface area contributed by atoms with Crippen molar-refractivity contribution in [3.63, 3.8) is 0 Å². The standard InChI is InChI=1S/C18H21ClN2O/c1-14-4-2-7-17(12-14)21-18(22)9-11-20-10-8-15-5-3-6-16(19)13-15/h2-7,12-13,20H,8-11H2,1H3,(H,21,22). The lowest BCUT2D eigenvalue weighted by Crippen LogP contribution is -2.23. The van der Waals surface area contributed by atoms with Gasteiger partial charge in [0.25, 0.3) is 0 Å². The third kappa shape index (κ3) is 5.88. The molecule has 2 aromatic carbocycles. The Kier molecular flexibility index (Phi) is 6.44. The molecule has 0 fully saturated rings. The first-order valence-electron chi connectivity index (χ1n) is 7.45. The van der Waals surface area contributed by atoms with Crippen molar-refractivity contribution >= 4 is 23.2 Å². The summed E-state index contributed by atoms with van der Waals surface area (Å²) >= 11 is 5.94. The molecule has 0 aromatic heterocycles. The van der Waals surface area contributed by atoms with Crippen molar-refractivity contribution in [1.29, 1.82) is 0 Å². The second kappa shape index (κ2) is 8.57. The van der Waals surface area contributed by atoms with E-state index in [-0.39, 0.29) is 5.91 Å². The fraction of sp³-hybridized carbons (Fsp3) is 0.278. The molecular formula is C18H21ClN2O. The molecule has 22 heavy (non-hydrogen) atoms. The lowest BCUT2D eigenvalue weighted by molar-refractivity contribution is -0.116. The van der Waals surface area contributed by atoms with Crippen LogP contribution in [0.3, 0.4) is 0 Å². The Hall–Kier alpha value is -1.84. The number of rotatable bonds is 7. The van der Waals surface area contributed by atoms with Gasteiger partial charge in [0.15, 0.2) is 0 Å². The number of carbonyl (C=O) groups is 1. The highest BCUT2D eigenvalue weighted by Gasteiger charge is 2.02. The van der Waals surface area contributed by atoms with Gasteiger partial charge in [0.05, 0.1) is 0 Å². The number of aryl methyl sites for hydroxylation is 1. The van der Waals surface area contributed by atoms with E-state index < -0.39 is 0 Å². The molecule has 0 atom stereocenters. The molecule has 2 N–H and O–H groups in total. The highest BCUT2D eigenvalue weighted by atomic mass is 35.5. The summed E-state index contributed by atoms with van der Waals surface area (Å²) in [6.45, 7) is 3.50. The number of hydrogen-bond donors (Lipinski definition) is 2. The Morgan fingerprint density at radius 1 is 1.09 bits per heavy atom. The topological polar surface area (TPSA) is 41.1 Å². The number of benzene rings is 2. The minimum atomic E-state index is 0.0286. The van der Waals surface area contributed by atoms with Crippen LogP contribution in [-0.4, -0.2) is 19.0 Å². The maximum absolute atomic E-state index is 11.8. The second-order valence-corrected chi connectivity index (χ2v) is 5.73. The normalized spacial score (nSPS) is 10.5. The first-order chi connectivity index (χ1) is 10.6. The lowest BCUT2D eigenvalue weighted by Gasteiger charge is -2.07. The molecule has 0 aliphatic carbocycles. The van der Waals surface area contributed by atoms with Gasteiger partial charge < -0.3 is 10.6 Å². The summed E-state index contributed by atoms with van der Waals surface area (Å²) in [4.78, 5) is 11.8. The smallest absolute Gasteiger partial charge is 0.225 e. The molecule has 0 saturated heterocycles. The number of halogens is 1. The van der Waals surface area contributed by atoms with E-state index in [1.165, 1.54) is 5.56 Å². The molecular weight excluding hydrogens is 296 g/mol. The highest BCUT2D eigenvalue weighted by Crippen LogP contribution is 2.11. The molecule has 0 spiro atoms. The largest absolute Gasteiger partial charge is 0.326 e. The van der Waals surface area contributed by atoms with Crippen LogP contribution in [0.4, 0.5) is 5.69 Å². The van der Waals surface area contributed by atoms with Gasteiger partial charge in [-0.1, -0.05) is 35.9 Å². The fourth-order valence-corrected chi connectivity index (χ4v) is 2.41. The summed E-state index contributed by atoms with van der Waals surface area (Å²) < 4.78 is 0. The predicted molar refractivity (Wildman–Crippen MR) is 92.5 cm³/mol. The summed E-state index contributed by atoms with van der Waals surface area (Å²) in [5.74, 6) is 0.0286. The highest BCUT2D eigenvalue weighted by molar-refractivity contribution is 6.30. The summed E-state index contributed by atoms with van der Waals surface area (Å²) in [7, 11) is 0. The van der Waals surface area contributed by atoms with E-state index in [0.29, 0.717) is 13.0 Å². The second-order valence-electron chi connectivity index (χ2n) is 5.30. The van der Waals surface area contributed by atoms with Crippen LogP contribution in [0, 0.1) is 6.92 Å². The zero-order chi connectivity index (χ0) is 15.8. The van der Waals surface area contributed by atoms with E-state index in [1.807, 2.05) is 49.4 Å². The van der Waals surface area contributed by atoms with Gasteiger partial charge in [-0.05, 0) is 55.3 Å². The summed E-state index contributed by atoms with van der Waals surface area (Å²) in [6.07, 6.45) is 1.36. The number of hydrogen-bond acceptors (Lipinski definition) is 2. The Labute approximate surface area is 136 Å². The van der Waals surface area contributed by atoms with Crippen molar-refractivity contribution in [2.75, 3.05) is 18.4 Å². The van der Waals surface area contributed by atoms with Crippen LogP contribution in [0.15, 0.2) is 48.5 Å². The average molecular weight is 317 g/mol. The first-order valence-corrected chi connectivity index (χ1v) is 7.83. The molecule has 116 valence electrons. The molecule has 0 saturated carbocycles. The molecule has 0 unspecified atom stereocenters. The predicted octanol–water partition coefficient (Wildman–Crippen LogP) is 3.81. The number of nitrogens with one attached hydrogen (secondary N) is 2. The lowest BCUT2D eigenvalue weighted by atomic mass is 10.1. The fourth-order valence-electron chi connectivity index (χ4n) is 2.20. The van der Waals surface area contributed by atoms with Gasteiger partial charge in [-0.15, -0.1) is 0 Å². The summed E-state index contributed by atoms with van der Waals surface area (Å²) in [5, 5.41) is 6.94. The molecule has 0 aliphatic rings. The molecule has 0 radical (unpaired) electrons. The van der Waals surface area contributed by atoms with E-state index in [0.717, 1.165) is 29.2 Å². The summed E-state index contributed by atoms with van der Waals surface area (Å²) in [6, 6.07) is 15.6. The maximum atomic E-state index is 11.8. The Balaban J connectivity index is 1.63. The monoisotopic (exact) mass is 316 g/mol. The Bertz CT molecular complexity index is 628. The van der Waals surface area contributed by atoms with E-state index in [4.69, 9.17) is 11.6 Å². The Morgan fingerprint density at radius 2 is 1.91 bits per heavy atom. The maximum Gasteiger partial charge on any atom is 0.225 e. The van der Waals surface area contributed by atoms with Crippen LogP contribution in [0.5, 0.6) is 0 Å². The zero-order valence-corrected chi connectivity index (χ0v) is 13.5. The molecule has 3 nitrogen and oxygen atoms in total. The molecule has 2 aromatic rings. The third-order valence-corrected chi connectivity index (χ3v) is 3.55. The van der Waals surface area contributed by atoms with Gasteiger partial charge in [-0.2, -0.15) is 0 Å². The van der Waals surface area contributed by atoms with E-state index in [2.05, 4.69) is 16.7 Å². The molecule has 0 aliphatic heterocycles. The average Bonchev–Trinajstić information content (AvgIpc) is 2.47. The number of carbonyl (C=O) groups excluding carboxylic acids is 1. The molecule has 1 amide bonds. The molecule has 0 heterocycles. The minimum absolute atomic E-state index is 0.0286. The van der Waals surface area contributed by atoms with Gasteiger partial charge in [0.2, 0.25) is 5.91 Å². The van der Waals surface area contributed by atoms with Crippen molar-refractivity contribution in [3.8, 4) is 0 Å². The number of amides is 1. The quantitative estimate of drug-likeness (QED) is 0.763. The first kappa shape index (κ1) is 16.5. The van der Waals surface area contributed by atoms with Crippen LogP contribution in [0.2, 0.25) is 5.02 Å². The van der Waals surface area contributed by atoms with Gasteiger partial charge in [-0.25, -0.2) is 0 Å². The van der Waals surface area contributed by atoms with Crippen molar-refractivity contribution in [1.82, 2.24) is 5.32 Å². The van der Waals surface area contributed by atoms with Crippen molar-refractivity contribution in [2.45, 2.75) is 19.8 Å². The molecule has 0 bridgehead atoms. The van der Waals surface area contributed by atoms with Crippen molar-refractivity contribution in [2.24, 2.45) is 0 Å². The van der Waals surface area contributed by atoms with Crippen LogP contribution in [0.1, 0.15) is 17.5 Å². The van der Waals surface area contributed by atoms with E-state index in [1.54, 1.807) is 0 Å². The van der Waals surface area contributed by atoms with Gasteiger partial charge in [0.1, 0.15) is 0 Å². The zero-order valence-electron chi connectivity index (χ0n) is 12.7. The number of anilines is 1. The minimum Gasteiger partial charge on any atom is -0.326 e. The summed E-state index contributed by atoms with van der Waals surface area (Å²) in [5.41, 5.74) is 3.19. The molecule has 4 heteroatoms. The van der Waals surface area contributed by atoms with E-state index in [9.17, 15) is 4.79 Å². The third-order valence-electron chi connectivity index (χ3n) is 3.31. The van der Waals surface area contributed by atoms with Gasteiger partial charge in [0, 0.05) is 23.7 Å².